The van der Waals surface area contributed by atoms with Gasteiger partial charge in [0.15, 0.2) is 0 Å². The number of hydrogen-bond donors (Lipinski definition) is 1. The maximum absolute atomic E-state index is 6.10. The zero-order valence-electron chi connectivity index (χ0n) is 12.4. The van der Waals surface area contributed by atoms with E-state index in [1.807, 2.05) is 23.5 Å². The van der Waals surface area contributed by atoms with Crippen LogP contribution in [0.5, 0.6) is 0 Å². The van der Waals surface area contributed by atoms with Crippen LogP contribution in [0.15, 0.2) is 40.2 Å². The van der Waals surface area contributed by atoms with Gasteiger partial charge in [-0.3, -0.25) is 0 Å². The summed E-state index contributed by atoms with van der Waals surface area (Å²) in [6.07, 6.45) is 2.15. The third kappa shape index (κ3) is 6.11. The molecule has 0 bridgehead atoms. The summed E-state index contributed by atoms with van der Waals surface area (Å²) in [6.45, 7) is 5.41. The standard InChI is InChI=1S/C17H21BrClNS/c1-12(2)20-11-14(10-16-6-7-17(18)21-16)8-13-4-3-5-15(19)9-13/h3-7,9,12,14,20H,8,10-11H2,1-2H3. The number of hydrogen-bond acceptors (Lipinski definition) is 2. The van der Waals surface area contributed by atoms with Crippen LogP contribution >= 0.6 is 38.9 Å². The van der Waals surface area contributed by atoms with Crippen molar-refractivity contribution < 1.29 is 0 Å². The Balaban J connectivity index is 2.04. The van der Waals surface area contributed by atoms with Gasteiger partial charge in [-0.2, -0.15) is 0 Å². The Morgan fingerprint density at radius 1 is 1.19 bits per heavy atom. The lowest BCUT2D eigenvalue weighted by molar-refractivity contribution is 0.446. The SMILES string of the molecule is CC(C)NCC(Cc1cccc(Cl)c1)Cc1ccc(Br)s1. The number of benzene rings is 1. The van der Waals surface area contributed by atoms with Gasteiger partial charge in [-0.25, -0.2) is 0 Å². The molecule has 4 heteroatoms. The molecule has 0 spiro atoms. The molecule has 2 aromatic rings. The van der Waals surface area contributed by atoms with E-state index in [0.29, 0.717) is 12.0 Å². The lowest BCUT2D eigenvalue weighted by Gasteiger charge is -2.19. The van der Waals surface area contributed by atoms with E-state index in [1.54, 1.807) is 0 Å². The minimum absolute atomic E-state index is 0.516. The monoisotopic (exact) mass is 385 g/mol. The van der Waals surface area contributed by atoms with Gasteiger partial charge in [0.1, 0.15) is 0 Å². The largest absolute Gasteiger partial charge is 0.314 e. The van der Waals surface area contributed by atoms with Gasteiger partial charge in [0, 0.05) is 15.9 Å². The van der Waals surface area contributed by atoms with Crippen molar-refractivity contribution in [2.45, 2.75) is 32.7 Å². The van der Waals surface area contributed by atoms with E-state index in [0.717, 1.165) is 24.4 Å². The van der Waals surface area contributed by atoms with E-state index in [1.165, 1.54) is 14.2 Å². The highest BCUT2D eigenvalue weighted by molar-refractivity contribution is 9.11. The van der Waals surface area contributed by atoms with Crippen molar-refractivity contribution in [3.05, 3.63) is 55.6 Å². The quantitative estimate of drug-likeness (QED) is 0.656. The zero-order valence-corrected chi connectivity index (χ0v) is 15.6. The Morgan fingerprint density at radius 2 is 2.00 bits per heavy atom. The Bertz CT molecular complexity index is 567. The first-order chi connectivity index (χ1) is 10.0. The van der Waals surface area contributed by atoms with Crippen molar-refractivity contribution >= 4 is 38.9 Å². The number of rotatable bonds is 7. The summed E-state index contributed by atoms with van der Waals surface area (Å²) in [5.41, 5.74) is 1.31. The third-order valence-corrected chi connectivity index (χ3v) is 5.23. The van der Waals surface area contributed by atoms with E-state index >= 15 is 0 Å². The van der Waals surface area contributed by atoms with Crippen molar-refractivity contribution in [2.75, 3.05) is 6.54 Å². The van der Waals surface area contributed by atoms with Crippen LogP contribution < -0.4 is 5.32 Å². The van der Waals surface area contributed by atoms with Gasteiger partial charge >= 0.3 is 0 Å². The highest BCUT2D eigenvalue weighted by Crippen LogP contribution is 2.26. The first kappa shape index (κ1) is 17.0. The fraction of sp³-hybridized carbons (Fsp3) is 0.412. The Kier molecular flexibility index (Phi) is 6.74. The van der Waals surface area contributed by atoms with Crippen molar-refractivity contribution in [2.24, 2.45) is 5.92 Å². The maximum atomic E-state index is 6.10. The lowest BCUT2D eigenvalue weighted by Crippen LogP contribution is -2.30. The average Bonchev–Trinajstić information content (AvgIpc) is 2.81. The smallest absolute Gasteiger partial charge is 0.0701 e. The summed E-state index contributed by atoms with van der Waals surface area (Å²) >= 11 is 11.5. The molecule has 0 aliphatic heterocycles. The molecule has 1 unspecified atom stereocenters. The van der Waals surface area contributed by atoms with Crippen LogP contribution in [0.25, 0.3) is 0 Å². The third-order valence-electron chi connectivity index (χ3n) is 3.35. The predicted molar refractivity (Wildman–Crippen MR) is 97.5 cm³/mol. The van der Waals surface area contributed by atoms with Crippen LogP contribution in [-0.4, -0.2) is 12.6 Å². The van der Waals surface area contributed by atoms with Gasteiger partial charge in [0.25, 0.3) is 0 Å². The fourth-order valence-corrected chi connectivity index (χ4v) is 4.17. The van der Waals surface area contributed by atoms with Gasteiger partial charge in [-0.1, -0.05) is 37.6 Å². The van der Waals surface area contributed by atoms with Crippen molar-refractivity contribution in [3.8, 4) is 0 Å². The number of halogens is 2. The van der Waals surface area contributed by atoms with Crippen LogP contribution in [0.4, 0.5) is 0 Å². The second-order valence-corrected chi connectivity index (χ2v) is 8.66. The van der Waals surface area contributed by atoms with Crippen LogP contribution in [0.2, 0.25) is 5.02 Å². The highest BCUT2D eigenvalue weighted by Gasteiger charge is 2.13. The molecule has 21 heavy (non-hydrogen) atoms. The fourth-order valence-electron chi connectivity index (χ4n) is 2.36. The van der Waals surface area contributed by atoms with Crippen LogP contribution in [0, 0.1) is 5.92 Å². The van der Waals surface area contributed by atoms with Crippen molar-refractivity contribution in [1.29, 1.82) is 0 Å². The van der Waals surface area contributed by atoms with Gasteiger partial charge in [-0.05, 0) is 71.1 Å². The summed E-state index contributed by atoms with van der Waals surface area (Å²) in [7, 11) is 0. The number of thiophene rings is 1. The Morgan fingerprint density at radius 3 is 2.62 bits per heavy atom. The molecule has 0 fully saturated rings. The molecule has 1 aromatic heterocycles. The van der Waals surface area contributed by atoms with Crippen LogP contribution in [0.3, 0.4) is 0 Å². The maximum Gasteiger partial charge on any atom is 0.0701 e. The van der Waals surface area contributed by atoms with Crippen molar-refractivity contribution in [3.63, 3.8) is 0 Å². The van der Waals surface area contributed by atoms with Crippen LogP contribution in [-0.2, 0) is 12.8 Å². The number of nitrogens with one attached hydrogen (secondary N) is 1. The van der Waals surface area contributed by atoms with Gasteiger partial charge in [0.2, 0.25) is 0 Å². The second kappa shape index (κ2) is 8.33. The Hall–Kier alpha value is -0.350. The molecule has 114 valence electrons. The summed E-state index contributed by atoms with van der Waals surface area (Å²) in [5, 5.41) is 4.39. The van der Waals surface area contributed by atoms with E-state index in [-0.39, 0.29) is 0 Å². The molecule has 1 N–H and O–H groups in total. The topological polar surface area (TPSA) is 12.0 Å². The van der Waals surface area contributed by atoms with Crippen LogP contribution in [0.1, 0.15) is 24.3 Å². The minimum Gasteiger partial charge on any atom is -0.314 e. The van der Waals surface area contributed by atoms with Crippen molar-refractivity contribution in [1.82, 2.24) is 5.32 Å². The van der Waals surface area contributed by atoms with Gasteiger partial charge in [-0.15, -0.1) is 11.3 Å². The van der Waals surface area contributed by atoms with Gasteiger partial charge in [0.05, 0.1) is 3.79 Å². The molecule has 1 atom stereocenters. The van der Waals surface area contributed by atoms with Gasteiger partial charge < -0.3 is 5.32 Å². The molecule has 0 aliphatic carbocycles. The molecule has 0 saturated carbocycles. The average molecular weight is 387 g/mol. The molecule has 0 radical (unpaired) electrons. The van der Waals surface area contributed by atoms with E-state index in [9.17, 15) is 0 Å². The molecule has 1 heterocycles. The molecule has 1 aromatic carbocycles. The zero-order chi connectivity index (χ0) is 15.2. The summed E-state index contributed by atoms with van der Waals surface area (Å²) < 4.78 is 1.20. The Labute approximate surface area is 144 Å². The van der Waals surface area contributed by atoms with E-state index in [4.69, 9.17) is 11.6 Å². The van der Waals surface area contributed by atoms with E-state index in [2.05, 4.69) is 59.4 Å². The summed E-state index contributed by atoms with van der Waals surface area (Å²) in [6, 6.07) is 13.1. The molecular weight excluding hydrogens is 366 g/mol. The normalized spacial score (nSPS) is 12.8. The predicted octanol–water partition coefficient (Wildman–Crippen LogP) is 5.56. The second-order valence-electron chi connectivity index (χ2n) is 5.67. The van der Waals surface area contributed by atoms with E-state index < -0.39 is 0 Å². The molecule has 1 nitrogen and oxygen atoms in total. The lowest BCUT2D eigenvalue weighted by atomic mass is 9.95. The molecular formula is C17H21BrClNS. The molecule has 0 saturated heterocycles. The first-order valence-corrected chi connectivity index (χ1v) is 9.23. The molecule has 0 aliphatic rings. The minimum atomic E-state index is 0.516. The first-order valence-electron chi connectivity index (χ1n) is 7.25. The molecule has 0 amide bonds. The summed E-state index contributed by atoms with van der Waals surface area (Å²) in [5.74, 6) is 0.580. The highest BCUT2D eigenvalue weighted by atomic mass is 79.9. The molecule has 2 rings (SSSR count). The summed E-state index contributed by atoms with van der Waals surface area (Å²) in [4.78, 5) is 1.43.